The van der Waals surface area contributed by atoms with E-state index in [1.165, 1.54) is 0 Å². The number of ether oxygens (including phenoxy) is 3. The van der Waals surface area contributed by atoms with Crippen molar-refractivity contribution in [3.63, 3.8) is 0 Å². The molecule has 0 amide bonds. The molecule has 0 N–H and O–H groups in total. The summed E-state index contributed by atoms with van der Waals surface area (Å²) in [4.78, 5) is 16.4. The molecule has 0 saturated carbocycles. The van der Waals surface area contributed by atoms with Crippen LogP contribution in [0.15, 0.2) is 53.2 Å². The molecule has 0 fully saturated rings. The third kappa shape index (κ3) is 3.15. The van der Waals surface area contributed by atoms with Crippen molar-refractivity contribution in [2.45, 2.75) is 6.92 Å². The molecule has 0 bridgehead atoms. The molecule has 0 saturated heterocycles. The number of hydrogen-bond donors (Lipinski definition) is 0. The van der Waals surface area contributed by atoms with Crippen LogP contribution in [0.25, 0.3) is 6.08 Å². The van der Waals surface area contributed by atoms with Gasteiger partial charge in [0.15, 0.2) is 5.70 Å². The fraction of sp³-hybridized carbons (Fsp3) is 0.158. The van der Waals surface area contributed by atoms with E-state index in [9.17, 15) is 4.79 Å². The van der Waals surface area contributed by atoms with Crippen LogP contribution in [0, 0.1) is 6.92 Å². The third-order valence-electron chi connectivity index (χ3n) is 3.65. The predicted octanol–water partition coefficient (Wildman–Crippen LogP) is 3.36. The molecule has 24 heavy (non-hydrogen) atoms. The number of esters is 1. The minimum Gasteiger partial charge on any atom is -0.497 e. The van der Waals surface area contributed by atoms with E-state index in [1.54, 1.807) is 38.5 Å². The first kappa shape index (κ1) is 15.8. The number of hydrogen-bond acceptors (Lipinski definition) is 5. The number of rotatable bonds is 4. The second kappa shape index (κ2) is 6.58. The van der Waals surface area contributed by atoms with E-state index in [0.717, 1.165) is 11.1 Å². The molecule has 2 aromatic rings. The Hall–Kier alpha value is -3.08. The summed E-state index contributed by atoms with van der Waals surface area (Å²) in [5.74, 6) is 1.09. The standard InChI is InChI=1S/C19H17NO4/c1-12-4-6-13(7-5-12)18-20-16(19(21)24-18)11-14-10-15(22-2)8-9-17(14)23-3/h4-11H,1-3H3/b16-11-. The number of nitrogens with zero attached hydrogens (tertiary/aromatic N) is 1. The van der Waals surface area contributed by atoms with Crippen molar-refractivity contribution in [1.82, 2.24) is 0 Å². The number of carbonyl (C=O) groups is 1. The topological polar surface area (TPSA) is 57.1 Å². The quantitative estimate of drug-likeness (QED) is 0.639. The van der Waals surface area contributed by atoms with Gasteiger partial charge in [0, 0.05) is 11.1 Å². The van der Waals surface area contributed by atoms with Gasteiger partial charge in [-0.15, -0.1) is 0 Å². The number of aliphatic imine (C=N–C) groups is 1. The maximum atomic E-state index is 12.1. The summed E-state index contributed by atoms with van der Waals surface area (Å²) in [5.41, 5.74) is 2.80. The van der Waals surface area contributed by atoms with Gasteiger partial charge in [-0.2, -0.15) is 0 Å². The van der Waals surface area contributed by atoms with Gasteiger partial charge in [0.2, 0.25) is 5.90 Å². The Morgan fingerprint density at radius 1 is 1.04 bits per heavy atom. The van der Waals surface area contributed by atoms with Crippen LogP contribution in [0.3, 0.4) is 0 Å². The molecule has 122 valence electrons. The Labute approximate surface area is 140 Å². The molecule has 5 nitrogen and oxygen atoms in total. The Kier molecular flexibility index (Phi) is 4.33. The molecular formula is C19H17NO4. The fourth-order valence-corrected chi connectivity index (χ4v) is 2.33. The molecule has 0 radical (unpaired) electrons. The van der Waals surface area contributed by atoms with Crippen molar-refractivity contribution in [3.05, 3.63) is 64.9 Å². The molecule has 0 atom stereocenters. The van der Waals surface area contributed by atoms with Crippen molar-refractivity contribution in [2.75, 3.05) is 14.2 Å². The fourth-order valence-electron chi connectivity index (χ4n) is 2.33. The first-order valence-corrected chi connectivity index (χ1v) is 7.42. The molecule has 3 rings (SSSR count). The average Bonchev–Trinajstić information content (AvgIpc) is 2.96. The average molecular weight is 323 g/mol. The molecule has 1 aliphatic heterocycles. The Bertz CT molecular complexity index is 835. The monoisotopic (exact) mass is 323 g/mol. The summed E-state index contributed by atoms with van der Waals surface area (Å²) < 4.78 is 15.8. The smallest absolute Gasteiger partial charge is 0.363 e. The van der Waals surface area contributed by atoms with Crippen molar-refractivity contribution >= 4 is 17.9 Å². The van der Waals surface area contributed by atoms with Gasteiger partial charge in [0.25, 0.3) is 0 Å². The zero-order valence-corrected chi connectivity index (χ0v) is 13.7. The number of methoxy groups -OCH3 is 2. The summed E-state index contributed by atoms with van der Waals surface area (Å²) in [6.45, 7) is 1.99. The van der Waals surface area contributed by atoms with E-state index in [4.69, 9.17) is 14.2 Å². The van der Waals surface area contributed by atoms with Gasteiger partial charge in [-0.1, -0.05) is 17.7 Å². The second-order valence-corrected chi connectivity index (χ2v) is 5.31. The van der Waals surface area contributed by atoms with Crippen LogP contribution in [0.5, 0.6) is 11.5 Å². The second-order valence-electron chi connectivity index (χ2n) is 5.31. The normalized spacial score (nSPS) is 15.2. The summed E-state index contributed by atoms with van der Waals surface area (Å²) >= 11 is 0. The largest absolute Gasteiger partial charge is 0.497 e. The van der Waals surface area contributed by atoms with Gasteiger partial charge in [-0.3, -0.25) is 0 Å². The Morgan fingerprint density at radius 3 is 2.46 bits per heavy atom. The highest BCUT2D eigenvalue weighted by Crippen LogP contribution is 2.28. The SMILES string of the molecule is COc1ccc(OC)c(/C=C2\N=C(c3ccc(C)cc3)OC2=O)c1. The summed E-state index contributed by atoms with van der Waals surface area (Å²) in [7, 11) is 3.15. The van der Waals surface area contributed by atoms with E-state index < -0.39 is 5.97 Å². The van der Waals surface area contributed by atoms with E-state index in [-0.39, 0.29) is 5.70 Å². The summed E-state index contributed by atoms with van der Waals surface area (Å²) in [5, 5.41) is 0. The number of cyclic esters (lactones) is 1. The summed E-state index contributed by atoms with van der Waals surface area (Å²) in [6.07, 6.45) is 1.63. The van der Waals surface area contributed by atoms with Crippen molar-refractivity contribution < 1.29 is 19.0 Å². The van der Waals surface area contributed by atoms with E-state index in [2.05, 4.69) is 4.99 Å². The summed E-state index contributed by atoms with van der Waals surface area (Å²) in [6, 6.07) is 13.0. The van der Waals surface area contributed by atoms with Crippen LogP contribution < -0.4 is 9.47 Å². The molecule has 5 heteroatoms. The van der Waals surface area contributed by atoms with Crippen LogP contribution in [-0.2, 0) is 9.53 Å². The van der Waals surface area contributed by atoms with E-state index >= 15 is 0 Å². The van der Waals surface area contributed by atoms with Crippen molar-refractivity contribution in [3.8, 4) is 11.5 Å². The van der Waals surface area contributed by atoms with E-state index in [1.807, 2.05) is 31.2 Å². The third-order valence-corrected chi connectivity index (χ3v) is 3.65. The van der Waals surface area contributed by atoms with Gasteiger partial charge in [0.1, 0.15) is 11.5 Å². The predicted molar refractivity (Wildman–Crippen MR) is 91.3 cm³/mol. The number of aryl methyl sites for hydroxylation is 1. The van der Waals surface area contributed by atoms with Gasteiger partial charge >= 0.3 is 5.97 Å². The van der Waals surface area contributed by atoms with Gasteiger partial charge < -0.3 is 14.2 Å². The maximum Gasteiger partial charge on any atom is 0.363 e. The highest BCUT2D eigenvalue weighted by Gasteiger charge is 2.24. The lowest BCUT2D eigenvalue weighted by atomic mass is 10.1. The molecule has 1 heterocycles. The Balaban J connectivity index is 1.98. The van der Waals surface area contributed by atoms with Crippen LogP contribution in [0.2, 0.25) is 0 Å². The lowest BCUT2D eigenvalue weighted by Gasteiger charge is -2.07. The molecule has 2 aromatic carbocycles. The molecule has 0 aliphatic carbocycles. The maximum absolute atomic E-state index is 12.1. The van der Waals surface area contributed by atoms with Crippen LogP contribution >= 0.6 is 0 Å². The zero-order valence-electron chi connectivity index (χ0n) is 13.7. The van der Waals surface area contributed by atoms with Crippen LogP contribution in [-0.4, -0.2) is 26.1 Å². The minimum atomic E-state index is -0.490. The molecule has 0 unspecified atom stereocenters. The zero-order chi connectivity index (χ0) is 17.1. The lowest BCUT2D eigenvalue weighted by Crippen LogP contribution is -2.05. The molecular weight excluding hydrogens is 306 g/mol. The first-order valence-electron chi connectivity index (χ1n) is 7.42. The number of benzene rings is 2. The molecule has 0 aromatic heterocycles. The van der Waals surface area contributed by atoms with Crippen molar-refractivity contribution in [1.29, 1.82) is 0 Å². The highest BCUT2D eigenvalue weighted by atomic mass is 16.6. The van der Waals surface area contributed by atoms with Crippen molar-refractivity contribution in [2.24, 2.45) is 4.99 Å². The van der Waals surface area contributed by atoms with Crippen LogP contribution in [0.1, 0.15) is 16.7 Å². The minimum absolute atomic E-state index is 0.220. The van der Waals surface area contributed by atoms with E-state index in [0.29, 0.717) is 23.0 Å². The van der Waals surface area contributed by atoms with Gasteiger partial charge in [0.05, 0.1) is 14.2 Å². The van der Waals surface area contributed by atoms with Gasteiger partial charge in [-0.25, -0.2) is 9.79 Å². The Morgan fingerprint density at radius 2 is 1.79 bits per heavy atom. The first-order chi connectivity index (χ1) is 11.6. The van der Waals surface area contributed by atoms with Crippen LogP contribution in [0.4, 0.5) is 0 Å². The molecule has 0 spiro atoms. The molecule has 1 aliphatic rings. The van der Waals surface area contributed by atoms with Gasteiger partial charge in [-0.05, 0) is 43.3 Å². The highest BCUT2D eigenvalue weighted by molar-refractivity contribution is 6.13. The lowest BCUT2D eigenvalue weighted by molar-refractivity contribution is -0.129. The number of carbonyl (C=O) groups excluding carboxylic acids is 1.